The van der Waals surface area contributed by atoms with E-state index in [9.17, 15) is 18.0 Å². The average molecular weight is 395 g/mol. The van der Waals surface area contributed by atoms with Gasteiger partial charge >= 0.3 is 11.9 Å². The molecule has 0 amide bonds. The molecule has 0 atom stereocenters. The number of nitrogens with zero attached hydrogens (tertiary/aromatic N) is 1. The van der Waals surface area contributed by atoms with Gasteiger partial charge in [-0.1, -0.05) is 19.9 Å². The van der Waals surface area contributed by atoms with Gasteiger partial charge in [-0.05, 0) is 30.3 Å². The minimum absolute atomic E-state index is 0.00383. The molecule has 146 valence electrons. The quantitative estimate of drug-likeness (QED) is 0.633. The van der Waals surface area contributed by atoms with Crippen LogP contribution in [0.15, 0.2) is 45.7 Å². The number of hydrogen-bond donors (Lipinski definition) is 0. The maximum atomic E-state index is 12.6. The first kappa shape index (κ1) is 20.7. The number of benzene rings is 1. The van der Waals surface area contributed by atoms with Gasteiger partial charge in [0.1, 0.15) is 12.4 Å². The number of esters is 2. The maximum Gasteiger partial charge on any atom is 0.373 e. The third kappa shape index (κ3) is 4.75. The summed E-state index contributed by atoms with van der Waals surface area (Å²) in [7, 11) is -2.45. The van der Waals surface area contributed by atoms with Gasteiger partial charge in [0.2, 0.25) is 15.8 Å². The largest absolute Gasteiger partial charge is 0.463 e. The highest BCUT2D eigenvalue weighted by atomic mass is 32.2. The Labute approximate surface area is 157 Å². The van der Waals surface area contributed by atoms with Gasteiger partial charge in [-0.25, -0.2) is 18.0 Å². The molecule has 8 nitrogen and oxygen atoms in total. The molecule has 2 rings (SSSR count). The summed E-state index contributed by atoms with van der Waals surface area (Å²) in [5.74, 6) is -1.09. The van der Waals surface area contributed by atoms with Crippen molar-refractivity contribution in [1.29, 1.82) is 0 Å². The third-order valence-electron chi connectivity index (χ3n) is 3.81. The van der Waals surface area contributed by atoms with Crippen LogP contribution in [0.5, 0.6) is 0 Å². The molecule has 0 aliphatic carbocycles. The molecule has 2 aromatic rings. The molecule has 1 aromatic carbocycles. The highest BCUT2D eigenvalue weighted by Gasteiger charge is 2.23. The van der Waals surface area contributed by atoms with Crippen molar-refractivity contribution < 1.29 is 31.9 Å². The van der Waals surface area contributed by atoms with Crippen molar-refractivity contribution in [3.05, 3.63) is 53.5 Å². The fraction of sp³-hybridized carbons (Fsp3) is 0.333. The van der Waals surface area contributed by atoms with E-state index in [1.54, 1.807) is 13.8 Å². The summed E-state index contributed by atoms with van der Waals surface area (Å²) in [4.78, 5) is 23.6. The van der Waals surface area contributed by atoms with Crippen molar-refractivity contribution in [3.8, 4) is 0 Å². The Morgan fingerprint density at radius 1 is 1.07 bits per heavy atom. The zero-order valence-corrected chi connectivity index (χ0v) is 16.1. The second-order valence-corrected chi connectivity index (χ2v) is 7.39. The summed E-state index contributed by atoms with van der Waals surface area (Å²) in [6.45, 7) is 3.93. The van der Waals surface area contributed by atoms with E-state index < -0.39 is 22.0 Å². The fourth-order valence-electron chi connectivity index (χ4n) is 2.38. The Bertz CT molecular complexity index is 913. The Hall–Kier alpha value is -2.65. The Morgan fingerprint density at radius 3 is 2.41 bits per heavy atom. The summed E-state index contributed by atoms with van der Waals surface area (Å²) in [5.41, 5.74) is 0.1000. The van der Waals surface area contributed by atoms with Crippen LogP contribution in [-0.2, 0) is 26.1 Å². The average Bonchev–Trinajstić information content (AvgIpc) is 3.15. The molecule has 0 saturated heterocycles. The monoisotopic (exact) mass is 395 g/mol. The van der Waals surface area contributed by atoms with Crippen molar-refractivity contribution in [1.82, 2.24) is 4.31 Å². The first-order chi connectivity index (χ1) is 12.8. The van der Waals surface area contributed by atoms with E-state index in [2.05, 4.69) is 4.74 Å². The topological polar surface area (TPSA) is 103 Å². The number of furan rings is 1. The van der Waals surface area contributed by atoms with Gasteiger partial charge in [-0.2, -0.15) is 4.31 Å². The van der Waals surface area contributed by atoms with Gasteiger partial charge in [0.25, 0.3) is 0 Å². The molecule has 0 fully saturated rings. The van der Waals surface area contributed by atoms with Crippen molar-refractivity contribution in [2.45, 2.75) is 25.3 Å². The Morgan fingerprint density at radius 2 is 1.78 bits per heavy atom. The minimum Gasteiger partial charge on any atom is -0.463 e. The van der Waals surface area contributed by atoms with Crippen molar-refractivity contribution in [3.63, 3.8) is 0 Å². The second-order valence-electron chi connectivity index (χ2n) is 5.45. The highest BCUT2D eigenvalue weighted by molar-refractivity contribution is 7.89. The molecular formula is C18H21NO7S. The SMILES string of the molecule is CCN(CC)S(=O)(=O)c1cccc(C(=O)OCc2ccc(C(=O)OC)o2)c1. The van der Waals surface area contributed by atoms with Crippen LogP contribution in [-0.4, -0.2) is 44.9 Å². The lowest BCUT2D eigenvalue weighted by molar-refractivity contribution is 0.0438. The molecule has 0 spiro atoms. The molecule has 0 unspecified atom stereocenters. The summed E-state index contributed by atoms with van der Waals surface area (Å²) in [5, 5.41) is 0. The summed E-state index contributed by atoms with van der Waals surface area (Å²) < 4.78 is 41.3. The minimum atomic E-state index is -3.68. The normalized spacial score (nSPS) is 11.4. The Kier molecular flexibility index (Phi) is 6.75. The van der Waals surface area contributed by atoms with E-state index in [1.165, 1.54) is 47.8 Å². The Balaban J connectivity index is 2.11. The number of sulfonamides is 1. The van der Waals surface area contributed by atoms with Crippen LogP contribution >= 0.6 is 0 Å². The van der Waals surface area contributed by atoms with E-state index >= 15 is 0 Å². The van der Waals surface area contributed by atoms with Crippen LogP contribution in [0.3, 0.4) is 0 Å². The van der Waals surface area contributed by atoms with E-state index in [0.29, 0.717) is 13.1 Å². The smallest absolute Gasteiger partial charge is 0.373 e. The van der Waals surface area contributed by atoms with Crippen LogP contribution in [0.2, 0.25) is 0 Å². The van der Waals surface area contributed by atoms with Crippen LogP contribution in [0.4, 0.5) is 0 Å². The van der Waals surface area contributed by atoms with Gasteiger partial charge < -0.3 is 13.9 Å². The van der Waals surface area contributed by atoms with Crippen LogP contribution < -0.4 is 0 Å². The maximum absolute atomic E-state index is 12.6. The standard InChI is InChI=1S/C18H21NO7S/c1-4-19(5-2)27(22,23)15-8-6-7-13(11-15)17(20)25-12-14-9-10-16(26-14)18(21)24-3/h6-11H,4-5,12H2,1-3H3. The lowest BCUT2D eigenvalue weighted by Gasteiger charge is -2.18. The predicted molar refractivity (Wildman–Crippen MR) is 95.7 cm³/mol. The predicted octanol–water partition coefficient (Wildman–Crippen LogP) is 2.45. The molecule has 1 aromatic heterocycles. The summed E-state index contributed by atoms with van der Waals surface area (Å²) >= 11 is 0. The number of ether oxygens (including phenoxy) is 2. The zero-order chi connectivity index (χ0) is 20.0. The number of methoxy groups -OCH3 is 1. The van der Waals surface area contributed by atoms with Crippen molar-refractivity contribution in [2.24, 2.45) is 0 Å². The van der Waals surface area contributed by atoms with Gasteiger partial charge in [-0.3, -0.25) is 0 Å². The molecule has 0 aliphatic rings. The van der Waals surface area contributed by atoms with E-state index in [1.807, 2.05) is 0 Å². The molecule has 1 heterocycles. The van der Waals surface area contributed by atoms with Crippen molar-refractivity contribution >= 4 is 22.0 Å². The fourth-order valence-corrected chi connectivity index (χ4v) is 3.89. The third-order valence-corrected chi connectivity index (χ3v) is 5.85. The summed E-state index contributed by atoms with van der Waals surface area (Å²) in [6.07, 6.45) is 0. The highest BCUT2D eigenvalue weighted by Crippen LogP contribution is 2.18. The first-order valence-corrected chi connectivity index (χ1v) is 9.71. The molecular weight excluding hydrogens is 374 g/mol. The number of carbonyl (C=O) groups is 2. The van der Waals surface area contributed by atoms with Crippen LogP contribution in [0.25, 0.3) is 0 Å². The lowest BCUT2D eigenvalue weighted by Crippen LogP contribution is -2.30. The van der Waals surface area contributed by atoms with E-state index in [4.69, 9.17) is 9.15 Å². The summed E-state index contributed by atoms with van der Waals surface area (Å²) in [6, 6.07) is 8.55. The van der Waals surface area contributed by atoms with Crippen molar-refractivity contribution in [2.75, 3.05) is 20.2 Å². The molecule has 0 aliphatic heterocycles. The second kappa shape index (κ2) is 8.83. The lowest BCUT2D eigenvalue weighted by atomic mass is 10.2. The van der Waals surface area contributed by atoms with E-state index in [-0.39, 0.29) is 28.6 Å². The van der Waals surface area contributed by atoms with Crippen LogP contribution in [0.1, 0.15) is 40.5 Å². The first-order valence-electron chi connectivity index (χ1n) is 8.27. The van der Waals surface area contributed by atoms with E-state index in [0.717, 1.165) is 0 Å². The molecule has 27 heavy (non-hydrogen) atoms. The molecule has 9 heteroatoms. The molecule has 0 radical (unpaired) electrons. The number of hydrogen-bond acceptors (Lipinski definition) is 7. The molecule has 0 saturated carbocycles. The number of carbonyl (C=O) groups excluding carboxylic acids is 2. The number of rotatable bonds is 8. The zero-order valence-electron chi connectivity index (χ0n) is 15.3. The molecule has 0 N–H and O–H groups in total. The molecule has 0 bridgehead atoms. The van der Waals surface area contributed by atoms with Crippen LogP contribution in [0, 0.1) is 0 Å². The van der Waals surface area contributed by atoms with Gasteiger partial charge in [0, 0.05) is 13.1 Å². The van der Waals surface area contributed by atoms with Gasteiger partial charge in [0.15, 0.2) is 0 Å². The van der Waals surface area contributed by atoms with Gasteiger partial charge in [0.05, 0.1) is 17.6 Å². The van der Waals surface area contributed by atoms with Gasteiger partial charge in [-0.15, -0.1) is 0 Å².